The van der Waals surface area contributed by atoms with Crippen LogP contribution in [0.3, 0.4) is 0 Å². The largest absolute Gasteiger partial charge is 0.478 e. The highest BCUT2D eigenvalue weighted by atomic mass is 32.1. The quantitative estimate of drug-likeness (QED) is 0.668. The van der Waals surface area contributed by atoms with Gasteiger partial charge in [-0.25, -0.2) is 4.79 Å². The first-order chi connectivity index (χ1) is 12.1. The van der Waals surface area contributed by atoms with Crippen molar-refractivity contribution in [3.8, 4) is 0 Å². The van der Waals surface area contributed by atoms with Gasteiger partial charge in [-0.3, -0.25) is 5.43 Å². The molecular weight excluding hydrogens is 334 g/mol. The Hall–Kier alpha value is -2.47. The summed E-state index contributed by atoms with van der Waals surface area (Å²) in [6.07, 6.45) is 2.35. The normalized spacial score (nSPS) is 16.4. The molecule has 0 spiro atoms. The third-order valence-electron chi connectivity index (χ3n) is 4.29. The minimum Gasteiger partial charge on any atom is -0.478 e. The summed E-state index contributed by atoms with van der Waals surface area (Å²) in [5, 5.41) is 13.7. The third-order valence-corrected chi connectivity index (χ3v) is 4.68. The van der Waals surface area contributed by atoms with Crippen LogP contribution in [-0.2, 0) is 12.8 Å². The number of hydrazone groups is 1. The smallest absolute Gasteiger partial charge is 0.335 e. The lowest BCUT2D eigenvalue weighted by Crippen LogP contribution is -2.38. The molecule has 0 aliphatic carbocycles. The van der Waals surface area contributed by atoms with Crippen LogP contribution in [0.4, 0.5) is 0 Å². The van der Waals surface area contributed by atoms with Crippen molar-refractivity contribution < 1.29 is 9.90 Å². The number of hydrogen-bond acceptors (Lipinski definition) is 5. The maximum absolute atomic E-state index is 11.3. The van der Waals surface area contributed by atoms with Crippen LogP contribution in [0.25, 0.3) is 0 Å². The number of nitrogens with one attached hydrogen (secondary N) is 1. The second-order valence-electron chi connectivity index (χ2n) is 5.92. The molecule has 0 saturated heterocycles. The van der Waals surface area contributed by atoms with E-state index >= 15 is 0 Å². The van der Waals surface area contributed by atoms with E-state index < -0.39 is 5.97 Å². The van der Waals surface area contributed by atoms with Gasteiger partial charge in [-0.2, -0.15) is 5.10 Å². The monoisotopic (exact) mass is 355 g/mol. The van der Waals surface area contributed by atoms with E-state index in [-0.39, 0.29) is 5.50 Å². The maximum Gasteiger partial charge on any atom is 0.335 e. The van der Waals surface area contributed by atoms with Crippen molar-refractivity contribution in [2.75, 3.05) is 6.54 Å². The zero-order chi connectivity index (χ0) is 17.6. The SMILES string of the molecule is O=C(O)c1ccccc1CCN1C(CCc2ccccc2)=NNC1S. The summed E-state index contributed by atoms with van der Waals surface area (Å²) >= 11 is 4.52. The topological polar surface area (TPSA) is 64.9 Å². The summed E-state index contributed by atoms with van der Waals surface area (Å²) in [4.78, 5) is 13.4. The second-order valence-corrected chi connectivity index (χ2v) is 6.41. The van der Waals surface area contributed by atoms with Crippen LogP contribution in [0.2, 0.25) is 0 Å². The van der Waals surface area contributed by atoms with Gasteiger partial charge in [-0.1, -0.05) is 48.5 Å². The van der Waals surface area contributed by atoms with Gasteiger partial charge in [0.25, 0.3) is 0 Å². The number of carbonyl (C=O) groups is 1. The summed E-state index contributed by atoms with van der Waals surface area (Å²) in [6, 6.07) is 17.4. The zero-order valence-corrected chi connectivity index (χ0v) is 14.7. The van der Waals surface area contributed by atoms with Gasteiger partial charge in [0.2, 0.25) is 0 Å². The Morgan fingerprint density at radius 3 is 2.56 bits per heavy atom. The number of amidine groups is 1. The molecular formula is C19H21N3O2S. The highest BCUT2D eigenvalue weighted by Crippen LogP contribution is 2.17. The molecule has 2 N–H and O–H groups in total. The third kappa shape index (κ3) is 4.33. The van der Waals surface area contributed by atoms with Gasteiger partial charge in [-0.15, -0.1) is 12.6 Å². The fourth-order valence-electron chi connectivity index (χ4n) is 2.95. The van der Waals surface area contributed by atoms with E-state index in [0.717, 1.165) is 24.2 Å². The van der Waals surface area contributed by atoms with Crippen molar-refractivity contribution >= 4 is 24.4 Å². The van der Waals surface area contributed by atoms with Gasteiger partial charge in [0.15, 0.2) is 5.50 Å². The minimum atomic E-state index is -0.893. The van der Waals surface area contributed by atoms with Crippen LogP contribution in [0.15, 0.2) is 59.7 Å². The van der Waals surface area contributed by atoms with E-state index in [4.69, 9.17) is 0 Å². The van der Waals surface area contributed by atoms with Gasteiger partial charge in [0.1, 0.15) is 5.84 Å². The Balaban J connectivity index is 1.62. The number of carboxylic acids is 1. The number of aromatic carboxylic acids is 1. The van der Waals surface area contributed by atoms with E-state index in [0.29, 0.717) is 18.5 Å². The minimum absolute atomic E-state index is 0.178. The molecule has 0 amide bonds. The van der Waals surface area contributed by atoms with E-state index in [1.807, 2.05) is 30.3 Å². The van der Waals surface area contributed by atoms with Gasteiger partial charge >= 0.3 is 5.97 Å². The molecule has 5 nitrogen and oxygen atoms in total. The number of benzene rings is 2. The number of carboxylic acid groups (broad SMARTS) is 1. The molecule has 0 bridgehead atoms. The Kier molecular flexibility index (Phi) is 5.60. The Bertz CT molecular complexity index is 764. The Labute approximate surface area is 152 Å². The van der Waals surface area contributed by atoms with E-state index in [2.05, 4.69) is 40.2 Å². The summed E-state index contributed by atoms with van der Waals surface area (Å²) in [6.45, 7) is 0.666. The predicted molar refractivity (Wildman–Crippen MR) is 102 cm³/mol. The van der Waals surface area contributed by atoms with Crippen molar-refractivity contribution in [2.24, 2.45) is 5.10 Å². The van der Waals surface area contributed by atoms with Crippen LogP contribution >= 0.6 is 12.6 Å². The number of hydrogen-bond donors (Lipinski definition) is 3. The molecule has 0 fully saturated rings. The highest BCUT2D eigenvalue weighted by Gasteiger charge is 2.24. The first-order valence-corrected chi connectivity index (χ1v) is 8.78. The lowest BCUT2D eigenvalue weighted by molar-refractivity contribution is 0.0695. The molecule has 1 atom stereocenters. The number of nitrogens with zero attached hydrogens (tertiary/aromatic N) is 2. The molecule has 130 valence electrons. The standard InChI is InChI=1S/C19H21N3O2S/c23-18(24)16-9-5-4-8-15(16)12-13-22-17(20-21-19(22)25)11-10-14-6-2-1-3-7-14/h1-9,19,21,25H,10-13H2,(H,23,24). The first kappa shape index (κ1) is 17.4. The van der Waals surface area contributed by atoms with Crippen LogP contribution in [0.5, 0.6) is 0 Å². The number of aryl methyl sites for hydroxylation is 1. The van der Waals surface area contributed by atoms with Crippen molar-refractivity contribution in [1.82, 2.24) is 10.3 Å². The zero-order valence-electron chi connectivity index (χ0n) is 13.8. The summed E-state index contributed by atoms with van der Waals surface area (Å²) in [7, 11) is 0. The molecule has 0 aromatic heterocycles. The molecule has 1 aliphatic heterocycles. The second kappa shape index (κ2) is 8.07. The maximum atomic E-state index is 11.3. The van der Waals surface area contributed by atoms with Gasteiger partial charge in [-0.05, 0) is 30.0 Å². The summed E-state index contributed by atoms with van der Waals surface area (Å²) in [5.41, 5.74) is 5.26. The van der Waals surface area contributed by atoms with Crippen LogP contribution < -0.4 is 5.43 Å². The fourth-order valence-corrected chi connectivity index (χ4v) is 3.25. The number of rotatable bonds is 7. The molecule has 0 radical (unpaired) electrons. The molecule has 3 rings (SSSR count). The van der Waals surface area contributed by atoms with Crippen molar-refractivity contribution in [2.45, 2.75) is 24.8 Å². The highest BCUT2D eigenvalue weighted by molar-refractivity contribution is 7.80. The van der Waals surface area contributed by atoms with Crippen LogP contribution in [0, 0.1) is 0 Å². The molecule has 2 aromatic rings. The lowest BCUT2D eigenvalue weighted by Gasteiger charge is -2.24. The Morgan fingerprint density at radius 2 is 1.80 bits per heavy atom. The summed E-state index contributed by atoms with van der Waals surface area (Å²) < 4.78 is 0. The van der Waals surface area contributed by atoms with E-state index in [1.54, 1.807) is 12.1 Å². The molecule has 1 unspecified atom stereocenters. The van der Waals surface area contributed by atoms with Crippen molar-refractivity contribution in [1.29, 1.82) is 0 Å². The van der Waals surface area contributed by atoms with Gasteiger partial charge in [0, 0.05) is 13.0 Å². The molecule has 6 heteroatoms. The molecule has 1 aliphatic rings. The van der Waals surface area contributed by atoms with E-state index in [1.165, 1.54) is 5.56 Å². The van der Waals surface area contributed by atoms with Crippen molar-refractivity contribution in [3.63, 3.8) is 0 Å². The van der Waals surface area contributed by atoms with E-state index in [9.17, 15) is 9.90 Å². The van der Waals surface area contributed by atoms with Gasteiger partial charge < -0.3 is 10.0 Å². The van der Waals surface area contributed by atoms with Gasteiger partial charge in [0.05, 0.1) is 5.56 Å². The molecule has 0 saturated carbocycles. The molecule has 25 heavy (non-hydrogen) atoms. The van der Waals surface area contributed by atoms with Crippen LogP contribution in [-0.4, -0.2) is 33.9 Å². The average molecular weight is 355 g/mol. The predicted octanol–water partition coefficient (Wildman–Crippen LogP) is 2.99. The average Bonchev–Trinajstić information content (AvgIpc) is 2.99. The molecule has 1 heterocycles. The molecule has 2 aromatic carbocycles. The summed E-state index contributed by atoms with van der Waals surface area (Å²) in [5.74, 6) is 0.0622. The lowest BCUT2D eigenvalue weighted by atomic mass is 10.0. The fraction of sp³-hybridized carbons (Fsp3) is 0.263. The van der Waals surface area contributed by atoms with Crippen LogP contribution in [0.1, 0.15) is 27.9 Å². The first-order valence-electron chi connectivity index (χ1n) is 8.27. The Morgan fingerprint density at radius 1 is 1.08 bits per heavy atom. The number of thiol groups is 1. The van der Waals surface area contributed by atoms with Crippen molar-refractivity contribution in [3.05, 3.63) is 71.3 Å².